The van der Waals surface area contributed by atoms with E-state index in [1.165, 1.54) is 5.56 Å². The van der Waals surface area contributed by atoms with E-state index in [4.69, 9.17) is 4.84 Å². The van der Waals surface area contributed by atoms with Crippen molar-refractivity contribution in [2.75, 3.05) is 0 Å². The van der Waals surface area contributed by atoms with Gasteiger partial charge in [-0.05, 0) is 79.1 Å². The van der Waals surface area contributed by atoms with Crippen molar-refractivity contribution in [3.63, 3.8) is 0 Å². The largest absolute Gasteiger partial charge is 0.359 e. The molecule has 2 aromatic carbocycles. The second kappa shape index (κ2) is 9.43. The molecule has 4 heterocycles. The van der Waals surface area contributed by atoms with E-state index in [1.54, 1.807) is 18.3 Å². The molecule has 0 spiro atoms. The lowest BCUT2D eigenvalue weighted by molar-refractivity contribution is -0.0778. The molecular formula is C32H28N6O2. The Kier molecular flexibility index (Phi) is 5.71. The lowest BCUT2D eigenvalue weighted by atomic mass is 9.91. The summed E-state index contributed by atoms with van der Waals surface area (Å²) in [6.07, 6.45) is 17.9. The molecule has 1 saturated carbocycles. The number of fused-ring (bicyclic) bond motifs is 2. The number of aromatic nitrogens is 4. The number of nitrogens with one attached hydrogen (secondary N) is 2. The normalized spacial score (nSPS) is 19.0. The first-order valence-electron chi connectivity index (χ1n) is 13.5. The van der Waals surface area contributed by atoms with Crippen molar-refractivity contribution in [1.29, 1.82) is 0 Å². The third kappa shape index (κ3) is 4.13. The fraction of sp³-hybridized carbons (Fsp3) is 0.188. The Balaban J connectivity index is 1.14. The highest BCUT2D eigenvalue weighted by Gasteiger charge is 2.48. The zero-order valence-electron chi connectivity index (χ0n) is 22.0. The molecule has 5 aromatic rings. The van der Waals surface area contributed by atoms with Crippen molar-refractivity contribution in [2.24, 2.45) is 0 Å². The van der Waals surface area contributed by atoms with Gasteiger partial charge in [-0.1, -0.05) is 37.3 Å². The summed E-state index contributed by atoms with van der Waals surface area (Å²) in [5.74, 6) is 0.363. The molecule has 8 heteroatoms. The van der Waals surface area contributed by atoms with Crippen LogP contribution in [0.2, 0.25) is 0 Å². The van der Waals surface area contributed by atoms with Gasteiger partial charge in [0.05, 0.1) is 17.4 Å². The van der Waals surface area contributed by atoms with Crippen LogP contribution in [0, 0.1) is 0 Å². The third-order valence-electron chi connectivity index (χ3n) is 7.99. The third-order valence-corrected chi connectivity index (χ3v) is 7.99. The van der Waals surface area contributed by atoms with E-state index in [9.17, 15) is 4.79 Å². The number of allylic oxidation sites excluding steroid dienone is 2. The highest BCUT2D eigenvalue weighted by atomic mass is 16.7. The van der Waals surface area contributed by atoms with Crippen LogP contribution in [0.1, 0.15) is 47.8 Å². The van der Waals surface area contributed by atoms with Gasteiger partial charge in [0.25, 0.3) is 5.91 Å². The fourth-order valence-electron chi connectivity index (χ4n) is 5.44. The van der Waals surface area contributed by atoms with Crippen LogP contribution in [0.5, 0.6) is 0 Å². The number of amides is 1. The maximum atomic E-state index is 12.8. The zero-order valence-corrected chi connectivity index (χ0v) is 22.0. The highest BCUT2D eigenvalue weighted by Crippen LogP contribution is 2.53. The zero-order chi connectivity index (χ0) is 27.2. The van der Waals surface area contributed by atoms with Crippen molar-refractivity contribution in [3.8, 4) is 11.1 Å². The number of rotatable bonds is 7. The first-order chi connectivity index (χ1) is 19.6. The minimum Gasteiger partial charge on any atom is -0.359 e. The average molecular weight is 529 g/mol. The second-order valence-corrected chi connectivity index (χ2v) is 10.4. The second-order valence-electron chi connectivity index (χ2n) is 10.4. The molecule has 1 aliphatic heterocycles. The molecule has 1 fully saturated rings. The van der Waals surface area contributed by atoms with Crippen molar-refractivity contribution in [2.45, 2.75) is 37.3 Å². The number of imidazole rings is 1. The molecule has 1 aliphatic carbocycles. The molecule has 3 aromatic heterocycles. The van der Waals surface area contributed by atoms with E-state index in [1.807, 2.05) is 61.9 Å². The van der Waals surface area contributed by atoms with E-state index in [0.717, 1.165) is 40.6 Å². The summed E-state index contributed by atoms with van der Waals surface area (Å²) in [6.45, 7) is 1.98. The number of hydrogen-bond acceptors (Lipinski definition) is 6. The van der Waals surface area contributed by atoms with Crippen LogP contribution in [0.25, 0.3) is 27.8 Å². The number of nitrogens with zero attached hydrogens (tertiary/aromatic N) is 4. The molecule has 1 amide bonds. The predicted octanol–water partition coefficient (Wildman–Crippen LogP) is 5.47. The van der Waals surface area contributed by atoms with Gasteiger partial charge in [-0.15, -0.1) is 0 Å². The van der Waals surface area contributed by atoms with Crippen LogP contribution in [0.4, 0.5) is 0 Å². The van der Waals surface area contributed by atoms with Gasteiger partial charge in [-0.25, -0.2) is 20.3 Å². The quantitative estimate of drug-likeness (QED) is 0.272. The maximum absolute atomic E-state index is 12.8. The van der Waals surface area contributed by atoms with Gasteiger partial charge >= 0.3 is 0 Å². The summed E-state index contributed by atoms with van der Waals surface area (Å²) in [5, 5.41) is 4.29. The van der Waals surface area contributed by atoms with Gasteiger partial charge in [0.2, 0.25) is 5.78 Å². The first-order valence-corrected chi connectivity index (χ1v) is 13.5. The maximum Gasteiger partial charge on any atom is 0.274 e. The number of hydroxylamine groups is 1. The molecule has 1 atom stereocenters. The average Bonchev–Trinajstić information content (AvgIpc) is 3.72. The summed E-state index contributed by atoms with van der Waals surface area (Å²) in [6, 6.07) is 18.1. The molecule has 1 unspecified atom stereocenters. The van der Waals surface area contributed by atoms with Crippen LogP contribution in [0.3, 0.4) is 0 Å². The highest BCUT2D eigenvalue weighted by molar-refractivity contribution is 5.94. The van der Waals surface area contributed by atoms with Crippen LogP contribution in [-0.2, 0) is 10.3 Å². The Morgan fingerprint density at radius 2 is 1.88 bits per heavy atom. The van der Waals surface area contributed by atoms with E-state index >= 15 is 0 Å². The van der Waals surface area contributed by atoms with Crippen molar-refractivity contribution >= 4 is 22.6 Å². The minimum absolute atomic E-state index is 0.0836. The van der Waals surface area contributed by atoms with Crippen LogP contribution in [0.15, 0.2) is 104 Å². The smallest absolute Gasteiger partial charge is 0.274 e. The Morgan fingerprint density at radius 3 is 2.65 bits per heavy atom. The molecule has 7 rings (SSSR count). The predicted molar refractivity (Wildman–Crippen MR) is 153 cm³/mol. The summed E-state index contributed by atoms with van der Waals surface area (Å²) >= 11 is 0. The Labute approximate surface area is 231 Å². The molecule has 2 aliphatic rings. The molecule has 0 radical (unpaired) electrons. The number of benzene rings is 2. The standard InChI is InChI=1S/C32H28N6O2/c1-2-32(13-3-4-17-36-32)40-37-29(39)23-9-7-22(8-10-23)25-19-34-30-35-20-28(38(30)21-25)31(14-15-31)26-11-12-27-24(18-26)6-5-16-33-27/h3-13,16-21,36H,2,14-15H2,1H3,(H,37,39). The van der Waals surface area contributed by atoms with Crippen molar-refractivity contribution in [1.82, 2.24) is 30.1 Å². The Hall–Kier alpha value is -4.82. The molecule has 0 bridgehead atoms. The molecule has 0 saturated heterocycles. The number of pyridine rings is 1. The lowest BCUT2D eigenvalue weighted by Gasteiger charge is -2.30. The van der Waals surface area contributed by atoms with E-state index in [-0.39, 0.29) is 11.3 Å². The molecule has 8 nitrogen and oxygen atoms in total. The molecule has 40 heavy (non-hydrogen) atoms. The summed E-state index contributed by atoms with van der Waals surface area (Å²) in [5.41, 5.74) is 7.57. The van der Waals surface area contributed by atoms with Crippen LogP contribution in [-0.4, -0.2) is 31.0 Å². The number of dihydropyridines is 1. The molecule has 2 N–H and O–H groups in total. The van der Waals surface area contributed by atoms with Gasteiger partial charge < -0.3 is 5.32 Å². The van der Waals surface area contributed by atoms with Crippen molar-refractivity contribution < 1.29 is 9.63 Å². The Morgan fingerprint density at radius 1 is 1.02 bits per heavy atom. The first kappa shape index (κ1) is 24.2. The van der Waals surface area contributed by atoms with Crippen LogP contribution >= 0.6 is 0 Å². The summed E-state index contributed by atoms with van der Waals surface area (Å²) in [4.78, 5) is 32.2. The number of carbonyl (C=O) groups is 1. The topological polar surface area (TPSA) is 93.4 Å². The SMILES string of the molecule is CCC1(ONC(=O)c2ccc(-c3cnc4ncc(C5(c6ccc7ncccc7c6)CC5)n4c3)cc2)C=CC=CN1. The van der Waals surface area contributed by atoms with Crippen LogP contribution < -0.4 is 10.8 Å². The van der Waals surface area contributed by atoms with Gasteiger partial charge in [-0.3, -0.25) is 14.2 Å². The van der Waals surface area contributed by atoms with E-state index in [0.29, 0.717) is 17.8 Å². The number of hydrogen-bond donors (Lipinski definition) is 2. The van der Waals surface area contributed by atoms with Gasteiger partial charge in [0, 0.05) is 40.5 Å². The Bertz CT molecular complexity index is 1800. The van der Waals surface area contributed by atoms with Crippen molar-refractivity contribution in [3.05, 3.63) is 121 Å². The monoisotopic (exact) mass is 528 g/mol. The molecule has 198 valence electrons. The van der Waals surface area contributed by atoms with Gasteiger partial charge in [-0.2, -0.15) is 0 Å². The lowest BCUT2D eigenvalue weighted by Crippen LogP contribution is -2.48. The molecular weight excluding hydrogens is 500 g/mol. The van der Waals surface area contributed by atoms with E-state index in [2.05, 4.69) is 60.6 Å². The van der Waals surface area contributed by atoms with Gasteiger partial charge in [0.15, 0.2) is 5.72 Å². The fourth-order valence-corrected chi connectivity index (χ4v) is 5.44. The van der Waals surface area contributed by atoms with Gasteiger partial charge in [0.1, 0.15) is 0 Å². The van der Waals surface area contributed by atoms with E-state index < -0.39 is 5.72 Å². The summed E-state index contributed by atoms with van der Waals surface area (Å²) < 4.78 is 2.10. The summed E-state index contributed by atoms with van der Waals surface area (Å²) in [7, 11) is 0. The number of carbonyl (C=O) groups excluding carboxylic acids is 1. The minimum atomic E-state index is -0.753.